The molecule has 2 heterocycles. The van der Waals surface area contributed by atoms with Crippen molar-refractivity contribution < 1.29 is 28.9 Å². The molecule has 184 valence electrons. The second-order valence-electron chi connectivity index (χ2n) is 12.7. The molecule has 2 unspecified atom stereocenters. The zero-order chi connectivity index (χ0) is 23.8. The third-order valence-corrected chi connectivity index (χ3v) is 10.6. The molecule has 33 heavy (non-hydrogen) atoms. The largest absolute Gasteiger partial charge is 0.458 e. The van der Waals surface area contributed by atoms with E-state index in [1.165, 1.54) is 45.1 Å². The van der Waals surface area contributed by atoms with Gasteiger partial charge in [0.25, 0.3) is 0 Å². The summed E-state index contributed by atoms with van der Waals surface area (Å²) in [5.74, 6) is 0.500. The van der Waals surface area contributed by atoms with Gasteiger partial charge in [-0.05, 0) is 78.9 Å². The van der Waals surface area contributed by atoms with Crippen LogP contribution < -0.4 is 0 Å². The van der Waals surface area contributed by atoms with E-state index in [0.717, 1.165) is 25.4 Å². The first-order valence-corrected chi connectivity index (χ1v) is 12.8. The van der Waals surface area contributed by atoms with Gasteiger partial charge in [-0.15, -0.1) is 0 Å². The monoisotopic (exact) mass is 460 g/mol. The van der Waals surface area contributed by atoms with Crippen LogP contribution in [0.3, 0.4) is 0 Å². The average molecular weight is 461 g/mol. The van der Waals surface area contributed by atoms with Gasteiger partial charge in [-0.3, -0.25) is 4.79 Å². The second kappa shape index (κ2) is 7.55. The van der Waals surface area contributed by atoms with E-state index in [2.05, 4.69) is 27.7 Å². The first-order valence-electron chi connectivity index (χ1n) is 12.8. The van der Waals surface area contributed by atoms with Crippen molar-refractivity contribution in [2.45, 2.75) is 104 Å². The lowest BCUT2D eigenvalue weighted by Gasteiger charge is -2.66. The highest BCUT2D eigenvalue weighted by molar-refractivity contribution is 5.86. The fourth-order valence-electron chi connectivity index (χ4n) is 9.19. The molecule has 6 nitrogen and oxygen atoms in total. The normalized spacial score (nSPS) is 46.6. The summed E-state index contributed by atoms with van der Waals surface area (Å²) in [7, 11) is 0. The maximum absolute atomic E-state index is 12.0. The van der Waals surface area contributed by atoms with E-state index in [1.54, 1.807) is 0 Å². The lowest BCUT2D eigenvalue weighted by molar-refractivity contribution is -0.185. The van der Waals surface area contributed by atoms with Crippen LogP contribution in [0.4, 0.5) is 0 Å². The number of fused-ring (bicyclic) bond motifs is 3. The minimum absolute atomic E-state index is 0.0564. The Hall–Kier alpha value is -1.40. The van der Waals surface area contributed by atoms with Gasteiger partial charge in [0.2, 0.25) is 6.29 Å². The summed E-state index contributed by atoms with van der Waals surface area (Å²) < 4.78 is 16.8. The summed E-state index contributed by atoms with van der Waals surface area (Å²) in [6, 6.07) is 0. The number of aliphatic hydroxyl groups is 1. The molecule has 1 spiro atoms. The lowest BCUT2D eigenvalue weighted by Crippen LogP contribution is -2.61. The number of aliphatic hydroxyl groups excluding tert-OH is 1. The summed E-state index contributed by atoms with van der Waals surface area (Å²) in [6.07, 6.45) is 8.26. The number of rotatable bonds is 4. The first-order chi connectivity index (χ1) is 15.4. The third kappa shape index (κ3) is 3.58. The number of epoxide rings is 1. The highest BCUT2D eigenvalue weighted by Gasteiger charge is 2.68. The zero-order valence-electron chi connectivity index (χ0n) is 20.8. The molecule has 6 heteroatoms. The molecule has 0 bridgehead atoms. The van der Waals surface area contributed by atoms with E-state index in [4.69, 9.17) is 14.2 Å². The van der Waals surface area contributed by atoms with Crippen molar-refractivity contribution in [1.29, 1.82) is 0 Å². The van der Waals surface area contributed by atoms with Crippen molar-refractivity contribution >= 4 is 11.9 Å². The highest BCUT2D eigenvalue weighted by atomic mass is 16.6. The van der Waals surface area contributed by atoms with Crippen molar-refractivity contribution in [3.05, 3.63) is 11.6 Å². The molecule has 3 aliphatic carbocycles. The van der Waals surface area contributed by atoms with E-state index in [1.807, 2.05) is 0 Å². The van der Waals surface area contributed by atoms with Gasteiger partial charge >= 0.3 is 11.9 Å². The van der Waals surface area contributed by atoms with Gasteiger partial charge in [0.1, 0.15) is 6.10 Å². The molecule has 2 aliphatic heterocycles. The molecule has 0 aromatic rings. The molecule has 0 aromatic carbocycles. The van der Waals surface area contributed by atoms with Crippen LogP contribution in [0, 0.1) is 34.0 Å². The molecule has 0 radical (unpaired) electrons. The van der Waals surface area contributed by atoms with Gasteiger partial charge in [0, 0.05) is 18.6 Å². The Kier molecular flexibility index (Phi) is 5.34. The topological polar surface area (TPSA) is 85.4 Å². The van der Waals surface area contributed by atoms with Gasteiger partial charge in [-0.25, -0.2) is 4.79 Å². The van der Waals surface area contributed by atoms with Crippen molar-refractivity contribution in [2.75, 3.05) is 6.61 Å². The van der Waals surface area contributed by atoms with Gasteiger partial charge in [0.15, 0.2) is 0 Å². The first kappa shape index (κ1) is 23.3. The van der Waals surface area contributed by atoms with Crippen molar-refractivity contribution in [3.8, 4) is 0 Å². The smallest absolute Gasteiger partial charge is 0.333 e. The standard InChI is InChI=1S/C27H40O6/c1-16(28)32-18(17-13-22(29)33-23(17)30)14-21-26(5)11-7-19-24(2,3)9-6-10-25(19,4)20(26)8-12-27(21)15-31-27/h13,18-21,23,30H,6-12,14-15H2,1-5H3/t18-,19+,20-,21+,23?,25+,26-,27?/m1/s1. The molecule has 5 aliphatic rings. The van der Waals surface area contributed by atoms with E-state index < -0.39 is 24.3 Å². The van der Waals surface area contributed by atoms with Crippen LogP contribution in [-0.4, -0.2) is 41.6 Å². The maximum atomic E-state index is 12.0. The average Bonchev–Trinajstić information content (AvgIpc) is 3.38. The van der Waals surface area contributed by atoms with Crippen molar-refractivity contribution in [2.24, 2.45) is 34.0 Å². The Bertz CT molecular complexity index is 872. The number of esters is 2. The summed E-state index contributed by atoms with van der Waals surface area (Å²) in [4.78, 5) is 23.8. The number of carbonyl (C=O) groups is 2. The summed E-state index contributed by atoms with van der Waals surface area (Å²) in [5.41, 5.74) is 0.903. The lowest BCUT2D eigenvalue weighted by atomic mass is 9.38. The number of carbonyl (C=O) groups excluding carboxylic acids is 2. The minimum atomic E-state index is -1.35. The Balaban J connectivity index is 1.49. The quantitative estimate of drug-likeness (QED) is 0.490. The van der Waals surface area contributed by atoms with Crippen molar-refractivity contribution in [1.82, 2.24) is 0 Å². The van der Waals surface area contributed by atoms with Gasteiger partial charge in [-0.1, -0.05) is 34.1 Å². The van der Waals surface area contributed by atoms with Gasteiger partial charge in [-0.2, -0.15) is 0 Å². The van der Waals surface area contributed by atoms with Gasteiger partial charge < -0.3 is 19.3 Å². The molecule has 1 N–H and O–H groups in total. The van der Waals surface area contributed by atoms with Crippen LogP contribution in [0.25, 0.3) is 0 Å². The molecule has 1 saturated heterocycles. The Morgan fingerprint density at radius 3 is 2.42 bits per heavy atom. The van der Waals surface area contributed by atoms with Crippen LogP contribution in [0.1, 0.15) is 86.0 Å². The predicted molar refractivity (Wildman–Crippen MR) is 122 cm³/mol. The molecule has 3 saturated carbocycles. The summed E-state index contributed by atoms with van der Waals surface area (Å²) >= 11 is 0. The fourth-order valence-corrected chi connectivity index (χ4v) is 9.19. The molecular formula is C27H40O6. The van der Waals surface area contributed by atoms with E-state index in [0.29, 0.717) is 28.7 Å². The number of ether oxygens (including phenoxy) is 3. The van der Waals surface area contributed by atoms with E-state index in [-0.39, 0.29) is 16.9 Å². The van der Waals surface area contributed by atoms with Crippen molar-refractivity contribution in [3.63, 3.8) is 0 Å². The predicted octanol–water partition coefficient (Wildman–Crippen LogP) is 4.54. The number of cyclic esters (lactones) is 1. The van der Waals surface area contributed by atoms with Crippen LogP contribution in [0.5, 0.6) is 0 Å². The maximum Gasteiger partial charge on any atom is 0.333 e. The third-order valence-electron chi connectivity index (χ3n) is 10.6. The molecule has 8 atom stereocenters. The highest BCUT2D eigenvalue weighted by Crippen LogP contribution is 2.72. The van der Waals surface area contributed by atoms with Crippen LogP contribution in [-0.2, 0) is 23.8 Å². The Morgan fingerprint density at radius 1 is 1.12 bits per heavy atom. The van der Waals surface area contributed by atoms with Crippen LogP contribution in [0.2, 0.25) is 0 Å². The van der Waals surface area contributed by atoms with Gasteiger partial charge in [0.05, 0.1) is 12.2 Å². The molecule has 4 fully saturated rings. The molecular weight excluding hydrogens is 420 g/mol. The van der Waals surface area contributed by atoms with Crippen LogP contribution >= 0.6 is 0 Å². The summed E-state index contributed by atoms with van der Waals surface area (Å²) in [6.45, 7) is 12.0. The minimum Gasteiger partial charge on any atom is -0.458 e. The summed E-state index contributed by atoms with van der Waals surface area (Å²) in [5, 5.41) is 10.3. The fraction of sp³-hybridized carbons (Fsp3) is 0.852. The number of hydrogen-bond acceptors (Lipinski definition) is 6. The Morgan fingerprint density at radius 2 is 1.82 bits per heavy atom. The van der Waals surface area contributed by atoms with E-state index >= 15 is 0 Å². The van der Waals surface area contributed by atoms with Crippen LogP contribution in [0.15, 0.2) is 11.6 Å². The second-order valence-corrected chi connectivity index (χ2v) is 12.7. The van der Waals surface area contributed by atoms with E-state index in [9.17, 15) is 14.7 Å². The Labute approximate surface area is 197 Å². The molecule has 5 rings (SSSR count). The molecule has 0 aromatic heterocycles. The number of hydrogen-bond donors (Lipinski definition) is 1. The molecule has 0 amide bonds. The zero-order valence-corrected chi connectivity index (χ0v) is 20.8. The SMILES string of the molecule is CC(=O)O[C@H](C[C@@H]1C2(CC[C@H]3[C@@]1(C)CC[C@H]1C(C)(C)CCC[C@]31C)CO2)C1=CC(=O)OC1O.